The lowest BCUT2D eigenvalue weighted by molar-refractivity contribution is -0.217. The first kappa shape index (κ1) is 32.5. The van der Waals surface area contributed by atoms with Crippen molar-refractivity contribution in [2.75, 3.05) is 36.9 Å². The fourth-order valence-corrected chi connectivity index (χ4v) is 8.70. The summed E-state index contributed by atoms with van der Waals surface area (Å²) in [6.45, 7) is -9.67. The Morgan fingerprint density at radius 1 is 0.812 bits per heavy atom. The maximum Gasteiger partial charge on any atom is 0.200 e. The Kier molecular flexibility index (Phi) is 8.48. The van der Waals surface area contributed by atoms with Crippen LogP contribution >= 0.6 is 13.5 Å². The second-order valence-electron chi connectivity index (χ2n) is 11.0. The maximum atomic E-state index is 16.2. The molecule has 0 aromatic carbocycles. The van der Waals surface area contributed by atoms with Crippen LogP contribution in [0.5, 0.6) is 0 Å². The van der Waals surface area contributed by atoms with Crippen LogP contribution in [0.2, 0.25) is 0 Å². The highest BCUT2D eigenvalue weighted by Gasteiger charge is 2.52. The van der Waals surface area contributed by atoms with Gasteiger partial charge in [-0.05, 0) is 0 Å². The van der Waals surface area contributed by atoms with Gasteiger partial charge < -0.3 is 55.3 Å². The van der Waals surface area contributed by atoms with E-state index >= 15 is 8.78 Å². The average molecular weight is 745 g/mol. The first-order valence-electron chi connectivity index (χ1n) is 14.4. The van der Waals surface area contributed by atoms with Gasteiger partial charge in [0.15, 0.2) is 65.6 Å². The molecule has 14 bridgehead atoms. The maximum absolute atomic E-state index is 16.2. The summed E-state index contributed by atoms with van der Waals surface area (Å²) in [6.07, 6.45) is -4.21. The van der Waals surface area contributed by atoms with E-state index < -0.39 is 75.9 Å². The summed E-state index contributed by atoms with van der Waals surface area (Å²) in [5.41, 5.74) is 1.02. The zero-order valence-electron chi connectivity index (χ0n) is 24.2. The number of anilines is 2. The molecule has 5 aliphatic heterocycles. The lowest BCUT2D eigenvalue weighted by atomic mass is 10.1. The molecule has 4 aromatic heterocycles. The van der Waals surface area contributed by atoms with Gasteiger partial charge in [0.05, 0.1) is 25.9 Å². The van der Waals surface area contributed by atoms with Gasteiger partial charge in [-0.1, -0.05) is 24.0 Å². The molecule has 24 heteroatoms. The fraction of sp³-hybridized carbons (Fsp3) is 0.500. The van der Waals surface area contributed by atoms with Crippen LogP contribution < -0.4 is 15.5 Å². The number of rotatable bonds is 0. The summed E-state index contributed by atoms with van der Waals surface area (Å²) >= 11 is 10.2. The Hall–Kier alpha value is -2.75. The van der Waals surface area contributed by atoms with Gasteiger partial charge in [-0.15, -0.1) is 0 Å². The van der Waals surface area contributed by atoms with E-state index in [-0.39, 0.29) is 11.3 Å². The van der Waals surface area contributed by atoms with Crippen LogP contribution in [-0.2, 0) is 56.2 Å². The summed E-state index contributed by atoms with van der Waals surface area (Å²) in [7, 11) is 0. The molecule has 0 spiro atoms. The molecule has 0 radical (unpaired) electrons. The molecule has 4 aromatic rings. The SMILES string of the molecule is O=P1([S-])OC[C@H]2O[C@@H]3C(F)[C@@H]2OP([O-])(=S)OCC2O[C@H](C(F)C2O1)n1cnc2c(ncnc21)NC/C=C/CNc1ncnc2c1ncn23. The molecule has 18 nitrogen and oxygen atoms in total. The third-order valence-electron chi connectivity index (χ3n) is 8.04. The Morgan fingerprint density at radius 3 is 1.85 bits per heavy atom. The van der Waals surface area contributed by atoms with Crippen molar-refractivity contribution < 1.29 is 45.8 Å². The fourth-order valence-electron chi connectivity index (χ4n) is 5.86. The van der Waals surface area contributed by atoms with Crippen LogP contribution in [0, 0.1) is 0 Å². The van der Waals surface area contributed by atoms with Crippen molar-refractivity contribution in [1.29, 1.82) is 0 Å². The van der Waals surface area contributed by atoms with Crippen molar-refractivity contribution in [2.24, 2.45) is 0 Å². The predicted octanol–water partition coefficient (Wildman–Crippen LogP) is 1.59. The van der Waals surface area contributed by atoms with Gasteiger partial charge in [-0.25, -0.2) is 38.7 Å². The highest BCUT2D eigenvalue weighted by Crippen LogP contribution is 2.54. The normalized spacial score (nSPS) is 38.0. The van der Waals surface area contributed by atoms with Gasteiger partial charge >= 0.3 is 0 Å². The van der Waals surface area contributed by atoms with Crippen molar-refractivity contribution in [3.05, 3.63) is 37.5 Å². The second kappa shape index (κ2) is 12.5. The standard InChI is InChI=1S/C24H26F2N10O8P2S2/c25-13-17-11-5-39-46(38,48)44-18-12(6-40-45(37,47)43-17)42-24(14(18)26)36-10-34-16-20(30-8-32-22(16)36)28-4-2-1-3-27-19-15-21(31-7-29-19)35(9-33-15)23(13)41-11/h1-2,7-14,17-18,23-24H,3-6H2,(H,37,47)(H,38,48)(H,27,29,31)(H,28,30,32)/p-2/b2-1+/t11-,12?,13?,14?,17-,18?,23-,24-,45?,46?/m1/s1. The highest BCUT2D eigenvalue weighted by molar-refractivity contribution is 8.32. The summed E-state index contributed by atoms with van der Waals surface area (Å²) in [5.74, 6) is 0.727. The summed E-state index contributed by atoms with van der Waals surface area (Å²) in [5, 5.41) is 6.27. The Balaban J connectivity index is 1.21. The van der Waals surface area contributed by atoms with Crippen LogP contribution in [0.25, 0.3) is 22.3 Å². The lowest BCUT2D eigenvalue weighted by Crippen LogP contribution is -2.38. The molecule has 48 heavy (non-hydrogen) atoms. The molecule has 0 aliphatic carbocycles. The van der Waals surface area contributed by atoms with E-state index in [1.807, 2.05) is 12.2 Å². The number of halogens is 2. The molecular weight excluding hydrogens is 720 g/mol. The van der Waals surface area contributed by atoms with Crippen LogP contribution in [0.15, 0.2) is 37.5 Å². The molecule has 2 N–H and O–H groups in total. The topological polar surface area (TPSA) is 207 Å². The number of alkyl halides is 2. The molecule has 9 heterocycles. The number of fused-ring (bicyclic) bond motifs is 10. The summed E-state index contributed by atoms with van der Waals surface area (Å²) < 4.78 is 82.2. The van der Waals surface area contributed by atoms with Gasteiger partial charge in [0.1, 0.15) is 43.8 Å². The molecule has 6 unspecified atom stereocenters. The van der Waals surface area contributed by atoms with Crippen molar-refractivity contribution >= 4 is 71.5 Å². The van der Waals surface area contributed by atoms with E-state index in [4.69, 9.17) is 51.6 Å². The number of ether oxygens (including phenoxy) is 2. The van der Waals surface area contributed by atoms with E-state index in [0.29, 0.717) is 35.8 Å². The minimum Gasteiger partial charge on any atom is -0.780 e. The predicted molar refractivity (Wildman–Crippen MR) is 165 cm³/mol. The van der Waals surface area contributed by atoms with Crippen LogP contribution in [-0.4, -0.2) is 102 Å². The van der Waals surface area contributed by atoms with E-state index in [1.165, 1.54) is 34.4 Å². The van der Waals surface area contributed by atoms with Crippen LogP contribution in [0.1, 0.15) is 12.5 Å². The Bertz CT molecular complexity index is 1860. The zero-order valence-corrected chi connectivity index (χ0v) is 27.6. The van der Waals surface area contributed by atoms with E-state index in [0.717, 1.165) is 0 Å². The van der Waals surface area contributed by atoms with Gasteiger partial charge in [0.25, 0.3) is 0 Å². The number of aromatic nitrogens is 8. The molecular formula is C24H24F2N10O8P2S2-2. The molecule has 3 fully saturated rings. The van der Waals surface area contributed by atoms with Crippen molar-refractivity contribution in [3.63, 3.8) is 0 Å². The van der Waals surface area contributed by atoms with Crippen molar-refractivity contribution in [2.45, 2.75) is 49.2 Å². The van der Waals surface area contributed by atoms with Gasteiger partial charge in [-0.2, -0.15) is 0 Å². The van der Waals surface area contributed by atoms with E-state index in [2.05, 4.69) is 40.5 Å². The van der Waals surface area contributed by atoms with Gasteiger partial charge in [0.2, 0.25) is 0 Å². The van der Waals surface area contributed by atoms with Crippen molar-refractivity contribution in [3.8, 4) is 0 Å². The molecule has 10 atom stereocenters. The first-order valence-corrected chi connectivity index (χ1v) is 19.5. The van der Waals surface area contributed by atoms with E-state index in [1.54, 1.807) is 0 Å². The third-order valence-corrected chi connectivity index (χ3v) is 11.1. The number of nitrogens with zero attached hydrogens (tertiary/aromatic N) is 8. The van der Waals surface area contributed by atoms with Gasteiger partial charge in [0, 0.05) is 13.1 Å². The van der Waals surface area contributed by atoms with Gasteiger partial charge in [-0.3, -0.25) is 13.7 Å². The molecule has 9 rings (SSSR count). The minimum absolute atomic E-state index is 0.203. The molecule has 3 saturated heterocycles. The molecule has 0 saturated carbocycles. The Labute approximate surface area is 279 Å². The highest BCUT2D eigenvalue weighted by atomic mass is 32.7. The molecule has 0 amide bonds. The number of hydrogen-bond donors (Lipinski definition) is 2. The largest absolute Gasteiger partial charge is 0.780 e. The smallest absolute Gasteiger partial charge is 0.200 e. The summed E-state index contributed by atoms with van der Waals surface area (Å²) in [6, 6.07) is 0. The van der Waals surface area contributed by atoms with Crippen LogP contribution in [0.4, 0.5) is 20.4 Å². The minimum atomic E-state index is -4.50. The third kappa shape index (κ3) is 5.91. The van der Waals surface area contributed by atoms with Crippen molar-refractivity contribution in [1.82, 2.24) is 39.0 Å². The molecule has 5 aliphatic rings. The first-order chi connectivity index (χ1) is 23.1. The Morgan fingerprint density at radius 2 is 1.31 bits per heavy atom. The summed E-state index contributed by atoms with van der Waals surface area (Å²) in [4.78, 5) is 39.1. The molecule has 256 valence electrons. The second-order valence-corrected chi connectivity index (χ2v) is 16.4. The number of nitrogens with one attached hydrogen (secondary N) is 2. The quantitative estimate of drug-likeness (QED) is 0.149. The van der Waals surface area contributed by atoms with E-state index in [9.17, 15) is 9.46 Å². The van der Waals surface area contributed by atoms with Crippen LogP contribution in [0.3, 0.4) is 0 Å². The zero-order chi connectivity index (χ0) is 33.2. The number of imidazole rings is 2. The monoisotopic (exact) mass is 744 g/mol. The number of hydrogen-bond acceptors (Lipinski definition) is 18. The lowest BCUT2D eigenvalue weighted by Gasteiger charge is -2.36. The average Bonchev–Trinajstić information content (AvgIpc) is 3.81.